The number of rotatable bonds is 2. The van der Waals surface area contributed by atoms with Gasteiger partial charge in [0.1, 0.15) is 10.9 Å². The minimum Gasteiger partial charge on any atom is -0.345 e. The van der Waals surface area contributed by atoms with E-state index in [1.165, 1.54) is 11.3 Å². The molecular formula is C11H7N5S. The van der Waals surface area contributed by atoms with Crippen LogP contribution in [0.2, 0.25) is 0 Å². The largest absolute Gasteiger partial charge is 0.345 e. The van der Waals surface area contributed by atoms with Gasteiger partial charge in [0.05, 0.1) is 23.6 Å². The molecule has 0 fully saturated rings. The first kappa shape index (κ1) is 9.81. The minimum absolute atomic E-state index is 0.593. The summed E-state index contributed by atoms with van der Waals surface area (Å²) in [5.74, 6) is 0. The Bertz CT molecular complexity index is 706. The van der Waals surface area contributed by atoms with Gasteiger partial charge in [-0.1, -0.05) is 11.3 Å². The van der Waals surface area contributed by atoms with Crippen molar-refractivity contribution in [2.75, 3.05) is 5.32 Å². The molecule has 2 aromatic heterocycles. The Balaban J connectivity index is 1.91. The molecule has 0 amide bonds. The number of hydrogen-bond donors (Lipinski definition) is 2. The van der Waals surface area contributed by atoms with Crippen LogP contribution in [0.3, 0.4) is 0 Å². The Kier molecular flexibility index (Phi) is 2.24. The maximum absolute atomic E-state index is 8.71. The number of H-pyrrole nitrogens is 1. The molecule has 6 heteroatoms. The van der Waals surface area contributed by atoms with Crippen LogP contribution >= 0.6 is 11.3 Å². The smallest absolute Gasteiger partial charge is 0.188 e. The fourth-order valence-corrected chi connectivity index (χ4v) is 2.15. The zero-order valence-electron chi connectivity index (χ0n) is 8.64. The number of anilines is 2. The van der Waals surface area contributed by atoms with Crippen molar-refractivity contribution in [1.29, 1.82) is 5.26 Å². The zero-order valence-corrected chi connectivity index (χ0v) is 9.45. The minimum atomic E-state index is 0.593. The van der Waals surface area contributed by atoms with Crippen molar-refractivity contribution in [2.24, 2.45) is 0 Å². The summed E-state index contributed by atoms with van der Waals surface area (Å²) in [6.45, 7) is 0. The zero-order chi connectivity index (χ0) is 11.7. The normalized spacial score (nSPS) is 10.3. The highest BCUT2D eigenvalue weighted by Gasteiger charge is 2.03. The van der Waals surface area contributed by atoms with Gasteiger partial charge in [0.15, 0.2) is 5.13 Å². The Morgan fingerprint density at radius 1 is 1.35 bits per heavy atom. The van der Waals surface area contributed by atoms with Crippen LogP contribution in [-0.4, -0.2) is 15.0 Å². The molecule has 5 nitrogen and oxygen atoms in total. The fraction of sp³-hybridized carbons (Fsp3) is 0. The first-order valence-corrected chi connectivity index (χ1v) is 5.73. The Morgan fingerprint density at radius 3 is 3.12 bits per heavy atom. The third-order valence-electron chi connectivity index (χ3n) is 2.29. The topological polar surface area (TPSA) is 77.4 Å². The second kappa shape index (κ2) is 3.88. The molecule has 17 heavy (non-hydrogen) atoms. The van der Waals surface area contributed by atoms with E-state index in [0.717, 1.165) is 16.7 Å². The summed E-state index contributed by atoms with van der Waals surface area (Å²) < 4.78 is 0. The van der Waals surface area contributed by atoms with Crippen molar-refractivity contribution in [3.8, 4) is 6.07 Å². The monoisotopic (exact) mass is 241 g/mol. The summed E-state index contributed by atoms with van der Waals surface area (Å²) in [5.41, 5.74) is 2.81. The molecule has 3 aromatic rings. The average molecular weight is 241 g/mol. The van der Waals surface area contributed by atoms with E-state index in [2.05, 4.69) is 26.3 Å². The number of thiazole rings is 1. The van der Waals surface area contributed by atoms with E-state index in [0.29, 0.717) is 10.0 Å². The first-order valence-electron chi connectivity index (χ1n) is 4.91. The van der Waals surface area contributed by atoms with Gasteiger partial charge in [0.25, 0.3) is 0 Å². The van der Waals surface area contributed by atoms with Crippen LogP contribution in [0.25, 0.3) is 11.0 Å². The summed E-state index contributed by atoms with van der Waals surface area (Å²) in [7, 11) is 0. The third kappa shape index (κ3) is 1.84. The molecule has 0 aliphatic rings. The molecule has 2 heterocycles. The van der Waals surface area contributed by atoms with E-state index >= 15 is 0 Å². The highest BCUT2D eigenvalue weighted by molar-refractivity contribution is 7.16. The van der Waals surface area contributed by atoms with Gasteiger partial charge < -0.3 is 10.3 Å². The number of aromatic nitrogens is 3. The van der Waals surface area contributed by atoms with Gasteiger partial charge in [-0.25, -0.2) is 9.97 Å². The molecule has 0 spiro atoms. The Morgan fingerprint density at radius 2 is 2.29 bits per heavy atom. The Labute approximate surface area is 101 Å². The van der Waals surface area contributed by atoms with Gasteiger partial charge in [-0.05, 0) is 18.2 Å². The second-order valence-corrected chi connectivity index (χ2v) is 4.43. The summed E-state index contributed by atoms with van der Waals surface area (Å²) in [6.07, 6.45) is 3.22. The molecule has 0 bridgehead atoms. The summed E-state index contributed by atoms with van der Waals surface area (Å²) in [6, 6.07) is 7.86. The fourth-order valence-electron chi connectivity index (χ4n) is 1.52. The third-order valence-corrected chi connectivity index (χ3v) is 3.10. The van der Waals surface area contributed by atoms with E-state index in [1.807, 2.05) is 18.2 Å². The van der Waals surface area contributed by atoms with Crippen LogP contribution in [0, 0.1) is 11.3 Å². The van der Waals surface area contributed by atoms with E-state index in [4.69, 9.17) is 5.26 Å². The highest BCUT2D eigenvalue weighted by Crippen LogP contribution is 2.23. The average Bonchev–Trinajstić information content (AvgIpc) is 2.96. The molecule has 0 saturated heterocycles. The number of nitrogens with one attached hydrogen (secondary N) is 2. The molecule has 0 aliphatic carbocycles. The molecule has 0 saturated carbocycles. The van der Waals surface area contributed by atoms with Gasteiger partial charge in [-0.15, -0.1) is 0 Å². The molecule has 1 aromatic carbocycles. The van der Waals surface area contributed by atoms with Crippen molar-refractivity contribution >= 4 is 33.2 Å². The quantitative estimate of drug-likeness (QED) is 0.723. The van der Waals surface area contributed by atoms with Crippen LogP contribution in [-0.2, 0) is 0 Å². The lowest BCUT2D eigenvalue weighted by Gasteiger charge is -2.01. The molecule has 3 rings (SSSR count). The number of aromatic amines is 1. The first-order chi connectivity index (χ1) is 8.35. The molecule has 0 unspecified atom stereocenters. The van der Waals surface area contributed by atoms with E-state index in [-0.39, 0.29) is 0 Å². The van der Waals surface area contributed by atoms with E-state index in [9.17, 15) is 0 Å². The number of benzene rings is 1. The summed E-state index contributed by atoms with van der Waals surface area (Å²) in [5, 5.41) is 12.6. The van der Waals surface area contributed by atoms with Crippen LogP contribution < -0.4 is 5.32 Å². The lowest BCUT2D eigenvalue weighted by atomic mass is 10.3. The Hall–Kier alpha value is -2.39. The number of nitriles is 1. The molecule has 0 aliphatic heterocycles. The SMILES string of the molecule is N#Cc1cnc(Nc2ccc3nc[nH]c3c2)s1. The van der Waals surface area contributed by atoms with Gasteiger partial charge in [-0.2, -0.15) is 5.26 Å². The second-order valence-electron chi connectivity index (χ2n) is 3.40. The maximum atomic E-state index is 8.71. The van der Waals surface area contributed by atoms with Gasteiger partial charge in [0.2, 0.25) is 0 Å². The molecule has 0 radical (unpaired) electrons. The highest BCUT2D eigenvalue weighted by atomic mass is 32.1. The van der Waals surface area contributed by atoms with Crippen molar-refractivity contribution in [3.05, 3.63) is 35.6 Å². The van der Waals surface area contributed by atoms with Crippen LogP contribution in [0.1, 0.15) is 4.88 Å². The molecule has 82 valence electrons. The number of imidazole rings is 1. The lowest BCUT2D eigenvalue weighted by Crippen LogP contribution is -1.88. The van der Waals surface area contributed by atoms with Crippen molar-refractivity contribution < 1.29 is 0 Å². The summed E-state index contributed by atoms with van der Waals surface area (Å²) >= 11 is 1.33. The lowest BCUT2D eigenvalue weighted by molar-refractivity contribution is 1.34. The van der Waals surface area contributed by atoms with Crippen LogP contribution in [0.15, 0.2) is 30.7 Å². The van der Waals surface area contributed by atoms with E-state index < -0.39 is 0 Å². The van der Waals surface area contributed by atoms with Crippen molar-refractivity contribution in [3.63, 3.8) is 0 Å². The molecule has 0 atom stereocenters. The van der Waals surface area contributed by atoms with Gasteiger partial charge >= 0.3 is 0 Å². The summed E-state index contributed by atoms with van der Waals surface area (Å²) in [4.78, 5) is 11.9. The van der Waals surface area contributed by atoms with Crippen LogP contribution in [0.4, 0.5) is 10.8 Å². The maximum Gasteiger partial charge on any atom is 0.188 e. The molecular weight excluding hydrogens is 234 g/mol. The number of nitrogens with zero attached hydrogens (tertiary/aromatic N) is 3. The van der Waals surface area contributed by atoms with Crippen molar-refractivity contribution in [2.45, 2.75) is 0 Å². The number of fused-ring (bicyclic) bond motifs is 1. The van der Waals surface area contributed by atoms with Gasteiger partial charge in [0, 0.05) is 5.69 Å². The standard InChI is InChI=1S/C11H7N5S/c12-4-8-5-13-11(17-8)16-7-1-2-9-10(3-7)15-6-14-9/h1-3,5-6H,(H,13,16)(H,14,15). The number of hydrogen-bond acceptors (Lipinski definition) is 5. The van der Waals surface area contributed by atoms with E-state index in [1.54, 1.807) is 12.5 Å². The van der Waals surface area contributed by atoms with Gasteiger partial charge in [-0.3, -0.25) is 0 Å². The predicted octanol–water partition coefficient (Wildman–Crippen LogP) is 2.63. The van der Waals surface area contributed by atoms with Crippen molar-refractivity contribution in [1.82, 2.24) is 15.0 Å². The van der Waals surface area contributed by atoms with Crippen LogP contribution in [0.5, 0.6) is 0 Å². The molecule has 2 N–H and O–H groups in total. The predicted molar refractivity (Wildman–Crippen MR) is 66.2 cm³/mol.